The van der Waals surface area contributed by atoms with E-state index in [1.165, 1.54) is 16.7 Å². The largest absolute Gasteiger partial charge is 0.494 e. The van der Waals surface area contributed by atoms with Crippen LogP contribution < -0.4 is 25.6 Å². The molecule has 2 atom stereocenters. The van der Waals surface area contributed by atoms with Crippen molar-refractivity contribution in [2.45, 2.75) is 39.2 Å². The van der Waals surface area contributed by atoms with Crippen molar-refractivity contribution in [3.8, 4) is 22.9 Å². The van der Waals surface area contributed by atoms with Gasteiger partial charge in [0, 0.05) is 32.5 Å². The molecule has 244 valence electrons. The van der Waals surface area contributed by atoms with E-state index in [1.807, 2.05) is 43.3 Å². The number of amidine groups is 1. The van der Waals surface area contributed by atoms with Gasteiger partial charge in [0.1, 0.15) is 23.1 Å². The van der Waals surface area contributed by atoms with Crippen LogP contribution in [0.15, 0.2) is 71.5 Å². The number of aromatic amines is 1. The summed E-state index contributed by atoms with van der Waals surface area (Å²) in [5.41, 5.74) is 8.12. The second-order valence-electron chi connectivity index (χ2n) is 10.4. The molecule has 1 amide bonds. The molecule has 1 heterocycles. The molecule has 2 unspecified atom stereocenters. The van der Waals surface area contributed by atoms with Crippen LogP contribution in [-0.2, 0) is 16.0 Å². The van der Waals surface area contributed by atoms with Gasteiger partial charge in [-0.3, -0.25) is 20.0 Å². The predicted molar refractivity (Wildman–Crippen MR) is 173 cm³/mol. The summed E-state index contributed by atoms with van der Waals surface area (Å²) < 4.78 is 18.6. The Morgan fingerprint density at radius 3 is 2.30 bits per heavy atom. The van der Waals surface area contributed by atoms with Crippen molar-refractivity contribution in [1.29, 1.82) is 5.41 Å². The molecule has 0 aliphatic heterocycles. The molecule has 0 radical (unpaired) electrons. The van der Waals surface area contributed by atoms with Gasteiger partial charge in [-0.25, -0.2) is 4.79 Å². The zero-order chi connectivity index (χ0) is 34.0. The molecule has 5 N–H and O–H groups in total. The molecule has 0 aliphatic rings. The molecule has 1 aromatic heterocycles. The highest BCUT2D eigenvalue weighted by Crippen LogP contribution is 2.35. The van der Waals surface area contributed by atoms with E-state index in [9.17, 15) is 9.59 Å². The fourth-order valence-electron chi connectivity index (χ4n) is 4.61. The average molecular weight is 633 g/mol. The fraction of sp³-hybridized carbons (Fsp3) is 0.303. The number of ether oxygens (including phenoxy) is 3. The summed E-state index contributed by atoms with van der Waals surface area (Å²) in [6.45, 7) is 5.02. The van der Waals surface area contributed by atoms with Crippen LogP contribution in [0.5, 0.6) is 17.2 Å². The van der Waals surface area contributed by atoms with Gasteiger partial charge in [-0.05, 0) is 55.7 Å². The molecular weight excluding hydrogens is 592 g/mol. The van der Waals surface area contributed by atoms with E-state index < -0.39 is 23.7 Å². The molecule has 0 spiro atoms. The number of hydrogen-bond donors (Lipinski definition) is 4. The van der Waals surface area contributed by atoms with Gasteiger partial charge in [-0.15, -0.1) is 5.10 Å². The number of amides is 1. The van der Waals surface area contributed by atoms with Crippen molar-refractivity contribution in [2.24, 2.45) is 5.73 Å². The molecule has 4 rings (SSSR count). The molecule has 46 heavy (non-hydrogen) atoms. The number of aliphatic carboxylic acids is 1. The number of carbonyl (C=O) groups is 2. The Balaban J connectivity index is 0.00000136. The van der Waals surface area contributed by atoms with Crippen molar-refractivity contribution < 1.29 is 28.9 Å². The normalized spacial score (nSPS) is 11.8. The van der Waals surface area contributed by atoms with Gasteiger partial charge >= 0.3 is 5.69 Å². The first kappa shape index (κ1) is 34.9. The molecule has 4 aromatic rings. The second kappa shape index (κ2) is 15.9. The molecule has 0 fully saturated rings. The summed E-state index contributed by atoms with van der Waals surface area (Å²) in [5, 5.41) is 19.8. The number of H-pyrrole nitrogens is 1. The maximum absolute atomic E-state index is 13.2. The van der Waals surface area contributed by atoms with E-state index in [-0.39, 0.29) is 11.7 Å². The number of carboxylic acids is 1. The van der Waals surface area contributed by atoms with E-state index in [1.54, 1.807) is 51.4 Å². The number of hydrogen-bond acceptors (Lipinski definition) is 8. The van der Waals surface area contributed by atoms with Crippen LogP contribution >= 0.6 is 0 Å². The number of nitrogens with one attached hydrogen (secondary N) is 2. The number of para-hydroxylation sites is 2. The Kier molecular flexibility index (Phi) is 12.1. The topological polar surface area (TPSA) is 186 Å². The summed E-state index contributed by atoms with van der Waals surface area (Å²) in [7, 11) is 4.89. The van der Waals surface area contributed by atoms with Crippen molar-refractivity contribution in [3.05, 3.63) is 99.7 Å². The molecule has 13 heteroatoms. The van der Waals surface area contributed by atoms with Crippen LogP contribution in [0.25, 0.3) is 5.69 Å². The lowest BCUT2D eigenvalue weighted by Crippen LogP contribution is -2.35. The number of benzene rings is 3. The maximum atomic E-state index is 13.2. The zero-order valence-corrected chi connectivity index (χ0v) is 26.7. The Hall–Kier alpha value is -5.59. The van der Waals surface area contributed by atoms with Crippen molar-refractivity contribution in [1.82, 2.24) is 19.7 Å². The minimum atomic E-state index is -0.833. The summed E-state index contributed by atoms with van der Waals surface area (Å²) in [6, 6.07) is 20.0. The summed E-state index contributed by atoms with van der Waals surface area (Å²) >= 11 is 0. The molecule has 0 saturated heterocycles. The van der Waals surface area contributed by atoms with Gasteiger partial charge in [0.2, 0.25) is 0 Å². The van der Waals surface area contributed by atoms with Crippen molar-refractivity contribution in [2.75, 3.05) is 27.8 Å². The number of nitrogens with zero attached hydrogens (tertiary/aromatic N) is 3. The van der Waals surface area contributed by atoms with Gasteiger partial charge in [0.25, 0.3) is 11.9 Å². The maximum Gasteiger partial charge on any atom is 0.348 e. The third kappa shape index (κ3) is 8.97. The van der Waals surface area contributed by atoms with Crippen LogP contribution in [0.1, 0.15) is 49.2 Å². The monoisotopic (exact) mass is 632 g/mol. The van der Waals surface area contributed by atoms with E-state index in [0.717, 1.165) is 18.1 Å². The highest BCUT2D eigenvalue weighted by Gasteiger charge is 2.25. The van der Waals surface area contributed by atoms with E-state index in [2.05, 4.69) is 10.1 Å². The first-order valence-corrected chi connectivity index (χ1v) is 14.5. The Labute approximate surface area is 267 Å². The van der Waals surface area contributed by atoms with Crippen molar-refractivity contribution in [3.63, 3.8) is 0 Å². The lowest BCUT2D eigenvalue weighted by atomic mass is 9.90. The number of aromatic nitrogens is 3. The average Bonchev–Trinajstić information content (AvgIpc) is 3.41. The minimum absolute atomic E-state index is 0.0168. The number of rotatable bonds is 12. The van der Waals surface area contributed by atoms with Crippen LogP contribution in [-0.4, -0.2) is 76.4 Å². The number of nitrogens with two attached hydrogens (primary N) is 1. The summed E-state index contributed by atoms with van der Waals surface area (Å²) in [6.07, 6.45) is -0.244. The highest BCUT2D eigenvalue weighted by molar-refractivity contribution is 5.94. The number of carbonyl (C=O) groups excluding carboxylic acids is 1. The Bertz CT molecular complexity index is 1710. The third-order valence-corrected chi connectivity index (χ3v) is 6.75. The minimum Gasteiger partial charge on any atom is -0.494 e. The smallest absolute Gasteiger partial charge is 0.348 e. The first-order valence-electron chi connectivity index (χ1n) is 14.5. The third-order valence-electron chi connectivity index (χ3n) is 6.75. The van der Waals surface area contributed by atoms with E-state index in [4.69, 9.17) is 35.3 Å². The number of likely N-dealkylation sites (N-methyl/N-ethyl adjacent to an activating group) is 1. The molecular formula is C33H40N6O7. The van der Waals surface area contributed by atoms with E-state index >= 15 is 0 Å². The van der Waals surface area contributed by atoms with Crippen LogP contribution in [0.4, 0.5) is 0 Å². The van der Waals surface area contributed by atoms with Crippen LogP contribution in [0, 0.1) is 5.41 Å². The Morgan fingerprint density at radius 2 is 1.72 bits per heavy atom. The molecule has 0 saturated carbocycles. The number of carboxylic acid groups (broad SMARTS) is 1. The van der Waals surface area contributed by atoms with Gasteiger partial charge in [-0.1, -0.05) is 42.5 Å². The van der Waals surface area contributed by atoms with Crippen LogP contribution in [0.3, 0.4) is 0 Å². The zero-order valence-electron chi connectivity index (χ0n) is 26.7. The van der Waals surface area contributed by atoms with Gasteiger partial charge < -0.3 is 30.0 Å². The standard InChI is InChI=1S/C31H36N6O5.C2H4O2/c1-6-41-27-18-22(15-16-26(27)42-19(2)30(38)36(3)4)23(17-20-11-13-21(14-12-20)28(32)33)29-34-31(39)37(35-29)24-9-7-8-10-25(24)40-5;1-2(3)4/h7-16,18-19,23H,6,17H2,1-5H3,(H3,32,33)(H,34,35,39);1H3,(H,3,4). The predicted octanol–water partition coefficient (Wildman–Crippen LogP) is 3.57. The van der Waals surface area contributed by atoms with Crippen molar-refractivity contribution >= 4 is 17.7 Å². The summed E-state index contributed by atoms with van der Waals surface area (Å²) in [5.74, 6) is 0.429. The molecule has 0 bridgehead atoms. The quantitative estimate of drug-likeness (QED) is 0.134. The van der Waals surface area contributed by atoms with Gasteiger partial charge in [-0.2, -0.15) is 4.68 Å². The lowest BCUT2D eigenvalue weighted by Gasteiger charge is -2.22. The van der Waals surface area contributed by atoms with Gasteiger partial charge in [0.15, 0.2) is 17.6 Å². The molecule has 0 aliphatic carbocycles. The van der Waals surface area contributed by atoms with Crippen LogP contribution in [0.2, 0.25) is 0 Å². The van der Waals surface area contributed by atoms with E-state index in [0.29, 0.717) is 47.4 Å². The van der Waals surface area contributed by atoms with Gasteiger partial charge in [0.05, 0.1) is 13.7 Å². The molecule has 13 nitrogen and oxygen atoms in total. The fourth-order valence-corrected chi connectivity index (χ4v) is 4.61. The second-order valence-corrected chi connectivity index (χ2v) is 10.4. The first-order chi connectivity index (χ1) is 21.9. The lowest BCUT2D eigenvalue weighted by molar-refractivity contribution is -0.135. The number of methoxy groups -OCH3 is 1. The molecule has 3 aromatic carbocycles. The highest BCUT2D eigenvalue weighted by atomic mass is 16.5. The number of nitrogen functional groups attached to an aromatic ring is 1. The summed E-state index contributed by atoms with van der Waals surface area (Å²) in [4.78, 5) is 39.0. The SMILES string of the molecule is CC(=O)O.CCOc1cc(C(Cc2ccc(C(=N)N)cc2)c2nn(-c3ccccc3OC)c(=O)[nH]2)ccc1OC(C)C(=O)N(C)C. The Morgan fingerprint density at radius 1 is 1.07 bits per heavy atom.